The minimum Gasteiger partial charge on any atom is -0.378 e. The summed E-state index contributed by atoms with van der Waals surface area (Å²) in [5.41, 5.74) is 0. The molecule has 1 aromatic rings. The van der Waals surface area contributed by atoms with Gasteiger partial charge < -0.3 is 15.4 Å². The SMILES string of the molecule is CCNC(=NCc1ncnn1C)NCCCCOC1CCCCCC1. The van der Waals surface area contributed by atoms with Gasteiger partial charge in [-0.15, -0.1) is 0 Å². The standard InChI is InChI=1S/C18H34N6O/c1-3-19-18(21-14-17-22-15-23-24(17)2)20-12-8-9-13-25-16-10-6-4-5-7-11-16/h15-16H,3-14H2,1-2H3,(H2,19,20,21). The van der Waals surface area contributed by atoms with Gasteiger partial charge in [-0.1, -0.05) is 25.7 Å². The summed E-state index contributed by atoms with van der Waals surface area (Å²) in [4.78, 5) is 8.75. The Hall–Kier alpha value is -1.63. The molecule has 2 N–H and O–H groups in total. The highest BCUT2D eigenvalue weighted by Gasteiger charge is 2.11. The van der Waals surface area contributed by atoms with Crippen LogP contribution in [0.4, 0.5) is 0 Å². The summed E-state index contributed by atoms with van der Waals surface area (Å²) in [6.07, 6.45) is 12.2. The fourth-order valence-electron chi connectivity index (χ4n) is 3.05. The molecule has 1 aliphatic carbocycles. The van der Waals surface area contributed by atoms with Gasteiger partial charge in [0.05, 0.1) is 6.10 Å². The molecule has 25 heavy (non-hydrogen) atoms. The van der Waals surface area contributed by atoms with Crippen LogP contribution in [0.5, 0.6) is 0 Å². The van der Waals surface area contributed by atoms with Crippen LogP contribution in [-0.4, -0.2) is 46.5 Å². The molecule has 0 unspecified atom stereocenters. The molecule has 1 heterocycles. The van der Waals surface area contributed by atoms with Gasteiger partial charge >= 0.3 is 0 Å². The molecule has 1 saturated carbocycles. The topological polar surface area (TPSA) is 76.4 Å². The molecule has 142 valence electrons. The van der Waals surface area contributed by atoms with Crippen LogP contribution < -0.4 is 10.6 Å². The average molecular weight is 351 g/mol. The molecule has 1 fully saturated rings. The Labute approximate surface area is 151 Å². The number of unbranched alkanes of at least 4 members (excludes halogenated alkanes) is 1. The first kappa shape index (κ1) is 19.7. The van der Waals surface area contributed by atoms with E-state index in [0.29, 0.717) is 12.6 Å². The first-order chi connectivity index (χ1) is 12.3. The molecule has 0 bridgehead atoms. The molecule has 0 aliphatic heterocycles. The minimum atomic E-state index is 0.501. The normalized spacial score (nSPS) is 16.6. The van der Waals surface area contributed by atoms with Crippen LogP contribution in [0.15, 0.2) is 11.3 Å². The van der Waals surface area contributed by atoms with Crippen molar-refractivity contribution in [3.63, 3.8) is 0 Å². The molecule has 0 spiro atoms. The lowest BCUT2D eigenvalue weighted by molar-refractivity contribution is 0.0411. The fraction of sp³-hybridized carbons (Fsp3) is 0.833. The van der Waals surface area contributed by atoms with Crippen LogP contribution in [0.25, 0.3) is 0 Å². The number of hydrogen-bond acceptors (Lipinski definition) is 4. The molecule has 0 atom stereocenters. The summed E-state index contributed by atoms with van der Waals surface area (Å²) >= 11 is 0. The second kappa shape index (κ2) is 11.8. The summed E-state index contributed by atoms with van der Waals surface area (Å²) < 4.78 is 7.78. The summed E-state index contributed by atoms with van der Waals surface area (Å²) in [5, 5.41) is 10.7. The Kier molecular flexibility index (Phi) is 9.33. The molecule has 7 nitrogen and oxygen atoms in total. The van der Waals surface area contributed by atoms with E-state index in [0.717, 1.165) is 44.3 Å². The number of aliphatic imine (C=N–C) groups is 1. The van der Waals surface area contributed by atoms with Crippen molar-refractivity contribution in [3.8, 4) is 0 Å². The predicted octanol–water partition coefficient (Wildman–Crippen LogP) is 2.39. The second-order valence-corrected chi connectivity index (χ2v) is 6.61. The monoisotopic (exact) mass is 350 g/mol. The number of nitrogens with zero attached hydrogens (tertiary/aromatic N) is 4. The quantitative estimate of drug-likeness (QED) is 0.309. The van der Waals surface area contributed by atoms with E-state index in [4.69, 9.17) is 4.74 Å². The van der Waals surface area contributed by atoms with E-state index in [9.17, 15) is 0 Å². The number of guanidine groups is 1. The molecule has 1 aliphatic rings. The molecule has 0 radical (unpaired) electrons. The number of nitrogens with one attached hydrogen (secondary N) is 2. The first-order valence-corrected chi connectivity index (χ1v) is 9.76. The summed E-state index contributed by atoms with van der Waals surface area (Å²) in [6.45, 7) is 5.21. The average Bonchev–Trinajstić information content (AvgIpc) is 2.85. The van der Waals surface area contributed by atoms with Gasteiger partial charge in [0.15, 0.2) is 5.96 Å². The van der Waals surface area contributed by atoms with Crippen LogP contribution in [0.3, 0.4) is 0 Å². The lowest BCUT2D eigenvalue weighted by atomic mass is 10.1. The Morgan fingerprint density at radius 2 is 2.04 bits per heavy atom. The molecule has 0 aromatic carbocycles. The van der Waals surface area contributed by atoms with Crippen molar-refractivity contribution in [2.45, 2.75) is 70.9 Å². The Morgan fingerprint density at radius 1 is 1.24 bits per heavy atom. The van der Waals surface area contributed by atoms with E-state index >= 15 is 0 Å². The smallest absolute Gasteiger partial charge is 0.191 e. The van der Waals surface area contributed by atoms with Crippen LogP contribution in [-0.2, 0) is 18.3 Å². The van der Waals surface area contributed by atoms with Gasteiger partial charge in [-0.25, -0.2) is 9.98 Å². The number of ether oxygens (including phenoxy) is 1. The van der Waals surface area contributed by atoms with Gasteiger partial charge in [0.1, 0.15) is 18.7 Å². The Morgan fingerprint density at radius 3 is 2.72 bits per heavy atom. The van der Waals surface area contributed by atoms with E-state index in [2.05, 4.69) is 32.6 Å². The zero-order valence-electron chi connectivity index (χ0n) is 15.8. The van der Waals surface area contributed by atoms with E-state index in [1.54, 1.807) is 11.0 Å². The van der Waals surface area contributed by atoms with E-state index < -0.39 is 0 Å². The van der Waals surface area contributed by atoms with E-state index in [1.165, 1.54) is 38.5 Å². The molecule has 0 amide bonds. The zero-order chi connectivity index (χ0) is 17.7. The van der Waals surface area contributed by atoms with Gasteiger partial charge in [-0.05, 0) is 32.6 Å². The fourth-order valence-corrected chi connectivity index (χ4v) is 3.05. The van der Waals surface area contributed by atoms with Crippen molar-refractivity contribution in [2.75, 3.05) is 19.7 Å². The highest BCUT2D eigenvalue weighted by molar-refractivity contribution is 5.79. The zero-order valence-corrected chi connectivity index (χ0v) is 15.8. The maximum atomic E-state index is 6.04. The molecule has 7 heteroatoms. The van der Waals surface area contributed by atoms with E-state index in [-0.39, 0.29) is 0 Å². The molecule has 2 rings (SSSR count). The molecule has 1 aromatic heterocycles. The largest absolute Gasteiger partial charge is 0.378 e. The second-order valence-electron chi connectivity index (χ2n) is 6.61. The van der Waals surface area contributed by atoms with Crippen molar-refractivity contribution < 1.29 is 4.74 Å². The third-order valence-corrected chi connectivity index (χ3v) is 4.55. The summed E-state index contributed by atoms with van der Waals surface area (Å²) in [5.74, 6) is 1.68. The van der Waals surface area contributed by atoms with Crippen LogP contribution in [0.2, 0.25) is 0 Å². The maximum Gasteiger partial charge on any atom is 0.191 e. The van der Waals surface area contributed by atoms with Gasteiger partial charge in [-0.3, -0.25) is 4.68 Å². The number of aromatic nitrogens is 3. The van der Waals surface area contributed by atoms with Gasteiger partial charge in [0, 0.05) is 26.7 Å². The minimum absolute atomic E-state index is 0.501. The van der Waals surface area contributed by atoms with Crippen LogP contribution in [0.1, 0.15) is 64.1 Å². The van der Waals surface area contributed by atoms with E-state index in [1.807, 2.05) is 7.05 Å². The van der Waals surface area contributed by atoms with Crippen molar-refractivity contribution in [1.82, 2.24) is 25.4 Å². The Bertz CT molecular complexity index is 494. The number of hydrogen-bond donors (Lipinski definition) is 2. The lowest BCUT2D eigenvalue weighted by Crippen LogP contribution is -2.37. The van der Waals surface area contributed by atoms with Crippen molar-refractivity contribution in [3.05, 3.63) is 12.2 Å². The molecular formula is C18H34N6O. The maximum absolute atomic E-state index is 6.04. The molecular weight excluding hydrogens is 316 g/mol. The van der Waals surface area contributed by atoms with Crippen LogP contribution >= 0.6 is 0 Å². The number of aryl methyl sites for hydroxylation is 1. The van der Waals surface area contributed by atoms with Gasteiger partial charge in [0.25, 0.3) is 0 Å². The third kappa shape index (κ3) is 7.86. The Balaban J connectivity index is 1.59. The summed E-state index contributed by atoms with van der Waals surface area (Å²) in [7, 11) is 1.88. The van der Waals surface area contributed by atoms with Crippen molar-refractivity contribution >= 4 is 5.96 Å². The van der Waals surface area contributed by atoms with Crippen molar-refractivity contribution in [2.24, 2.45) is 12.0 Å². The third-order valence-electron chi connectivity index (χ3n) is 4.55. The van der Waals surface area contributed by atoms with Gasteiger partial charge in [-0.2, -0.15) is 5.10 Å². The van der Waals surface area contributed by atoms with Gasteiger partial charge in [0.2, 0.25) is 0 Å². The molecule has 0 saturated heterocycles. The highest BCUT2D eigenvalue weighted by Crippen LogP contribution is 2.19. The summed E-state index contributed by atoms with van der Waals surface area (Å²) in [6, 6.07) is 0. The lowest BCUT2D eigenvalue weighted by Gasteiger charge is -2.15. The first-order valence-electron chi connectivity index (χ1n) is 9.76. The highest BCUT2D eigenvalue weighted by atomic mass is 16.5. The number of rotatable bonds is 9. The predicted molar refractivity (Wildman–Crippen MR) is 100 cm³/mol. The van der Waals surface area contributed by atoms with Crippen LogP contribution in [0, 0.1) is 0 Å². The van der Waals surface area contributed by atoms with Crippen molar-refractivity contribution in [1.29, 1.82) is 0 Å².